The van der Waals surface area contributed by atoms with Gasteiger partial charge in [-0.3, -0.25) is 4.98 Å². The Hall–Kier alpha value is -2.77. The molecule has 4 rings (SSSR count). The van der Waals surface area contributed by atoms with E-state index in [1.807, 2.05) is 39.0 Å². The minimum atomic E-state index is -0.996. The lowest BCUT2D eigenvalue weighted by Gasteiger charge is -2.33. The van der Waals surface area contributed by atoms with Crippen LogP contribution in [-0.2, 0) is 25.4 Å². The number of carbonyl (C=O) groups excluding carboxylic acids is 1. The zero-order valence-electron chi connectivity index (χ0n) is 27.7. The van der Waals surface area contributed by atoms with Crippen LogP contribution in [0.15, 0.2) is 30.5 Å². The Balaban J connectivity index is 1.27. The Labute approximate surface area is 273 Å². The first-order chi connectivity index (χ1) is 21.3. The number of nitrogens with one attached hydrogen (secondary N) is 2. The summed E-state index contributed by atoms with van der Waals surface area (Å²) in [4.78, 5) is 22.0. The van der Waals surface area contributed by atoms with E-state index >= 15 is 0 Å². The summed E-state index contributed by atoms with van der Waals surface area (Å²) in [5, 5.41) is 17.4. The monoisotopic (exact) mass is 639 g/mol. The third-order valence-corrected chi connectivity index (χ3v) is 8.98. The van der Waals surface area contributed by atoms with Crippen molar-refractivity contribution >= 4 is 23.4 Å². The van der Waals surface area contributed by atoms with Crippen LogP contribution in [0.5, 0.6) is 0 Å². The average Bonchev–Trinajstić information content (AvgIpc) is 3.01. The lowest BCUT2D eigenvalue weighted by atomic mass is 9.82. The molecule has 1 aliphatic heterocycles. The number of aromatic nitrogens is 2. The Morgan fingerprint density at radius 3 is 2.56 bits per heavy atom. The third-order valence-electron chi connectivity index (χ3n) is 8.68. The predicted molar refractivity (Wildman–Crippen MR) is 177 cm³/mol. The van der Waals surface area contributed by atoms with Crippen molar-refractivity contribution in [3.63, 3.8) is 0 Å². The molecule has 246 valence electrons. The summed E-state index contributed by atoms with van der Waals surface area (Å²) in [5.41, 5.74) is 0.690. The van der Waals surface area contributed by atoms with Gasteiger partial charge >= 0.3 is 5.97 Å². The van der Waals surface area contributed by atoms with E-state index in [2.05, 4.69) is 34.7 Å². The van der Waals surface area contributed by atoms with Gasteiger partial charge in [0.25, 0.3) is 0 Å². The molecular formula is C35H50ClN5O4. The number of pyridine rings is 2. The first-order valence-corrected chi connectivity index (χ1v) is 16.6. The average molecular weight is 640 g/mol. The van der Waals surface area contributed by atoms with Crippen LogP contribution in [0.2, 0.25) is 5.02 Å². The molecule has 0 unspecified atom stereocenters. The number of halogens is 1. The van der Waals surface area contributed by atoms with Crippen LogP contribution in [-0.4, -0.2) is 65.6 Å². The molecule has 2 aliphatic rings. The van der Waals surface area contributed by atoms with Gasteiger partial charge in [-0.25, -0.2) is 9.78 Å². The molecular weight excluding hydrogens is 590 g/mol. The summed E-state index contributed by atoms with van der Waals surface area (Å²) >= 11 is 6.61. The molecule has 0 aromatic carbocycles. The Morgan fingerprint density at radius 2 is 1.89 bits per heavy atom. The van der Waals surface area contributed by atoms with Crippen molar-refractivity contribution in [2.45, 2.75) is 110 Å². The Bertz CT molecular complexity index is 1320. The molecule has 1 aliphatic carbocycles. The molecule has 10 heteroatoms. The van der Waals surface area contributed by atoms with Crippen molar-refractivity contribution in [3.8, 4) is 17.3 Å². The molecule has 45 heavy (non-hydrogen) atoms. The van der Waals surface area contributed by atoms with Crippen molar-refractivity contribution in [3.05, 3.63) is 41.2 Å². The van der Waals surface area contributed by atoms with E-state index in [0.717, 1.165) is 67.7 Å². The van der Waals surface area contributed by atoms with Gasteiger partial charge in [-0.1, -0.05) is 17.7 Å². The largest absolute Gasteiger partial charge is 0.458 e. The van der Waals surface area contributed by atoms with Crippen molar-refractivity contribution in [2.75, 3.05) is 31.7 Å². The molecule has 1 atom stereocenters. The number of nitriles is 1. The van der Waals surface area contributed by atoms with E-state index in [0.29, 0.717) is 43.3 Å². The summed E-state index contributed by atoms with van der Waals surface area (Å²) < 4.78 is 16.9. The minimum Gasteiger partial charge on any atom is -0.458 e. The highest BCUT2D eigenvalue weighted by atomic mass is 35.5. The number of esters is 1. The number of ether oxygens (including phenoxy) is 3. The first-order valence-electron chi connectivity index (χ1n) is 16.3. The molecule has 1 saturated carbocycles. The molecule has 2 N–H and O–H groups in total. The third kappa shape index (κ3) is 10.4. The molecule has 1 saturated heterocycles. The standard InChI is InChI=1S/C35H50ClN5O4/c1-24(21-44-34(5,6)32(42)45-33(2,3)4)40-26-12-10-25(11-13-26)18-27-19-28(29(36)20-38-27)30-8-7-9-31(41-30)39-23-35(22-37)14-16-43-17-15-35/h7-9,19-20,24-26,40H,10-18,21,23H2,1-6H3,(H,39,41)/t24-,25?,26?/m0/s1. The van der Waals surface area contributed by atoms with Gasteiger partial charge in [0.05, 0.1) is 28.8 Å². The Morgan fingerprint density at radius 1 is 1.18 bits per heavy atom. The minimum absolute atomic E-state index is 0.119. The maximum absolute atomic E-state index is 12.5. The van der Waals surface area contributed by atoms with E-state index in [1.54, 1.807) is 20.0 Å². The van der Waals surface area contributed by atoms with Crippen molar-refractivity contribution in [2.24, 2.45) is 11.3 Å². The first kappa shape index (κ1) is 35.1. The van der Waals surface area contributed by atoms with Crippen LogP contribution in [0, 0.1) is 22.7 Å². The molecule has 3 heterocycles. The number of anilines is 1. The van der Waals surface area contributed by atoms with Gasteiger partial charge in [0.2, 0.25) is 0 Å². The van der Waals surface area contributed by atoms with Crippen LogP contribution in [0.3, 0.4) is 0 Å². The molecule has 9 nitrogen and oxygen atoms in total. The maximum Gasteiger partial charge on any atom is 0.338 e. The number of carbonyl (C=O) groups is 1. The van der Waals surface area contributed by atoms with Crippen LogP contribution in [0.1, 0.15) is 85.8 Å². The van der Waals surface area contributed by atoms with E-state index in [9.17, 15) is 10.1 Å². The van der Waals surface area contributed by atoms with E-state index < -0.39 is 16.6 Å². The lowest BCUT2D eigenvalue weighted by Crippen LogP contribution is -2.46. The summed E-state index contributed by atoms with van der Waals surface area (Å²) in [6.07, 6.45) is 8.44. The smallest absolute Gasteiger partial charge is 0.338 e. The summed E-state index contributed by atoms with van der Waals surface area (Å²) in [5.74, 6) is 0.924. The second kappa shape index (κ2) is 15.2. The van der Waals surface area contributed by atoms with Gasteiger partial charge in [-0.05, 0) is 111 Å². The second-order valence-corrected chi connectivity index (χ2v) is 14.6. The molecule has 0 amide bonds. The normalized spacial score (nSPS) is 21.0. The number of hydrogen-bond donors (Lipinski definition) is 2. The van der Waals surface area contributed by atoms with Crippen molar-refractivity contribution in [1.82, 2.24) is 15.3 Å². The summed E-state index contributed by atoms with van der Waals surface area (Å²) in [6.45, 7) is 13.4. The highest BCUT2D eigenvalue weighted by molar-refractivity contribution is 6.33. The number of rotatable bonds is 12. The lowest BCUT2D eigenvalue weighted by molar-refractivity contribution is -0.180. The van der Waals surface area contributed by atoms with Crippen LogP contribution < -0.4 is 10.6 Å². The summed E-state index contributed by atoms with van der Waals surface area (Å²) in [7, 11) is 0. The fourth-order valence-electron chi connectivity index (χ4n) is 5.90. The number of nitrogens with zero attached hydrogens (tertiary/aromatic N) is 3. The quantitative estimate of drug-likeness (QED) is 0.243. The van der Waals surface area contributed by atoms with Crippen molar-refractivity contribution < 1.29 is 19.0 Å². The van der Waals surface area contributed by atoms with Gasteiger partial charge < -0.3 is 24.8 Å². The van der Waals surface area contributed by atoms with E-state index in [-0.39, 0.29) is 12.0 Å². The van der Waals surface area contributed by atoms with Gasteiger partial charge in [0, 0.05) is 49.3 Å². The van der Waals surface area contributed by atoms with Crippen LogP contribution >= 0.6 is 11.6 Å². The SMILES string of the molecule is C[C@@H](COC(C)(C)C(=O)OC(C)(C)C)NC1CCC(Cc2cc(-c3cccc(NCC4(C#N)CCOCC4)n3)c(Cl)cn2)CC1. The molecule has 0 radical (unpaired) electrons. The molecule has 0 bridgehead atoms. The maximum atomic E-state index is 12.5. The van der Waals surface area contributed by atoms with Crippen LogP contribution in [0.4, 0.5) is 5.82 Å². The molecule has 2 fully saturated rings. The van der Waals surface area contributed by atoms with Gasteiger partial charge in [0.15, 0.2) is 5.60 Å². The Kier molecular flexibility index (Phi) is 11.9. The summed E-state index contributed by atoms with van der Waals surface area (Å²) in [6, 6.07) is 10.9. The zero-order chi connectivity index (χ0) is 32.7. The molecule has 2 aromatic rings. The molecule has 2 aromatic heterocycles. The van der Waals surface area contributed by atoms with Gasteiger partial charge in [-0.2, -0.15) is 5.26 Å². The predicted octanol–water partition coefficient (Wildman–Crippen LogP) is 6.75. The topological polar surface area (TPSA) is 118 Å². The fraction of sp³-hybridized carbons (Fsp3) is 0.657. The van der Waals surface area contributed by atoms with E-state index in [4.69, 9.17) is 30.8 Å². The van der Waals surface area contributed by atoms with E-state index in [1.165, 1.54) is 0 Å². The highest BCUT2D eigenvalue weighted by Crippen LogP contribution is 2.33. The number of hydrogen-bond acceptors (Lipinski definition) is 9. The molecule has 0 spiro atoms. The van der Waals surface area contributed by atoms with Crippen molar-refractivity contribution in [1.29, 1.82) is 5.26 Å². The van der Waals surface area contributed by atoms with Gasteiger partial charge in [0.1, 0.15) is 11.4 Å². The highest BCUT2D eigenvalue weighted by Gasteiger charge is 2.35. The van der Waals surface area contributed by atoms with Crippen LogP contribution in [0.25, 0.3) is 11.3 Å². The van der Waals surface area contributed by atoms with Gasteiger partial charge in [-0.15, -0.1) is 0 Å². The second-order valence-electron chi connectivity index (χ2n) is 14.2. The zero-order valence-corrected chi connectivity index (χ0v) is 28.5. The fourth-order valence-corrected chi connectivity index (χ4v) is 6.10.